The number of carbonyl (C=O) groups is 2. The second-order valence-corrected chi connectivity index (χ2v) is 7.08. The van der Waals surface area contributed by atoms with E-state index in [1.54, 1.807) is 0 Å². The van der Waals surface area contributed by atoms with E-state index >= 15 is 0 Å². The minimum absolute atomic E-state index is 0.0543. The molecule has 1 aliphatic carbocycles. The van der Waals surface area contributed by atoms with Gasteiger partial charge < -0.3 is 15.4 Å². The van der Waals surface area contributed by atoms with Gasteiger partial charge >= 0.3 is 5.97 Å². The average Bonchev–Trinajstić information content (AvgIpc) is 2.91. The zero-order valence-electron chi connectivity index (χ0n) is 13.4. The van der Waals surface area contributed by atoms with Crippen LogP contribution in [0.25, 0.3) is 10.9 Å². The molecular formula is C17H20BrN3O3. The highest BCUT2D eigenvalue weighted by Gasteiger charge is 2.34. The summed E-state index contributed by atoms with van der Waals surface area (Å²) in [6.45, 7) is 2.71. The molecule has 0 aliphatic heterocycles. The largest absolute Gasteiger partial charge is 0.480 e. The summed E-state index contributed by atoms with van der Waals surface area (Å²) in [5.41, 5.74) is 1.47. The van der Waals surface area contributed by atoms with E-state index < -0.39 is 5.97 Å². The van der Waals surface area contributed by atoms with Crippen LogP contribution in [-0.4, -0.2) is 52.0 Å². The van der Waals surface area contributed by atoms with E-state index in [0.717, 1.165) is 28.2 Å². The Morgan fingerprint density at radius 3 is 2.79 bits per heavy atom. The van der Waals surface area contributed by atoms with Crippen LogP contribution in [0.2, 0.25) is 0 Å². The van der Waals surface area contributed by atoms with Gasteiger partial charge in [-0.15, -0.1) is 0 Å². The third kappa shape index (κ3) is 3.62. The van der Waals surface area contributed by atoms with Gasteiger partial charge in [0, 0.05) is 27.5 Å². The number of hydrogen-bond donors (Lipinski definition) is 3. The van der Waals surface area contributed by atoms with Crippen molar-refractivity contribution >= 4 is 38.7 Å². The normalized spacial score (nSPS) is 20.1. The van der Waals surface area contributed by atoms with Crippen molar-refractivity contribution in [2.24, 2.45) is 0 Å². The Kier molecular flexibility index (Phi) is 4.91. The molecule has 1 heterocycles. The number of carbonyl (C=O) groups excluding carboxylic acids is 1. The van der Waals surface area contributed by atoms with E-state index in [1.165, 1.54) is 0 Å². The van der Waals surface area contributed by atoms with Gasteiger partial charge in [-0.2, -0.15) is 0 Å². The predicted molar refractivity (Wildman–Crippen MR) is 95.2 cm³/mol. The van der Waals surface area contributed by atoms with Gasteiger partial charge in [0.25, 0.3) is 5.91 Å². The summed E-state index contributed by atoms with van der Waals surface area (Å²) >= 11 is 3.42. The summed E-state index contributed by atoms with van der Waals surface area (Å²) in [5, 5.41) is 12.9. The summed E-state index contributed by atoms with van der Waals surface area (Å²) in [7, 11) is 0. The Hall–Kier alpha value is -1.86. The lowest BCUT2D eigenvalue weighted by Crippen LogP contribution is -2.54. The first-order valence-electron chi connectivity index (χ1n) is 8.01. The number of fused-ring (bicyclic) bond motifs is 1. The third-order valence-electron chi connectivity index (χ3n) is 4.54. The summed E-state index contributed by atoms with van der Waals surface area (Å²) in [4.78, 5) is 28.3. The van der Waals surface area contributed by atoms with E-state index in [0.29, 0.717) is 12.2 Å². The summed E-state index contributed by atoms with van der Waals surface area (Å²) in [5.74, 6) is -0.930. The zero-order chi connectivity index (χ0) is 17.3. The first-order chi connectivity index (χ1) is 11.5. The number of amides is 1. The number of nitrogens with one attached hydrogen (secondary N) is 2. The Labute approximate surface area is 148 Å². The summed E-state index contributed by atoms with van der Waals surface area (Å²) in [6, 6.07) is 8.00. The number of carboxylic acids is 1. The lowest BCUT2D eigenvalue weighted by atomic mass is 9.85. The lowest BCUT2D eigenvalue weighted by Gasteiger charge is -2.42. The molecule has 1 fully saturated rings. The van der Waals surface area contributed by atoms with E-state index in [-0.39, 0.29) is 24.5 Å². The molecule has 2 aromatic rings. The van der Waals surface area contributed by atoms with Crippen LogP contribution >= 0.6 is 15.9 Å². The topological polar surface area (TPSA) is 85.4 Å². The highest BCUT2D eigenvalue weighted by atomic mass is 79.9. The van der Waals surface area contributed by atoms with Gasteiger partial charge in [-0.3, -0.25) is 14.5 Å². The monoisotopic (exact) mass is 393 g/mol. The summed E-state index contributed by atoms with van der Waals surface area (Å²) < 4.78 is 0.973. The minimum atomic E-state index is -0.812. The molecule has 24 heavy (non-hydrogen) atoms. The Morgan fingerprint density at radius 2 is 2.12 bits per heavy atom. The number of aromatic amines is 1. The Bertz CT molecular complexity index is 768. The third-order valence-corrected chi connectivity index (χ3v) is 5.03. The molecule has 0 atom stereocenters. The van der Waals surface area contributed by atoms with Crippen LogP contribution in [0.3, 0.4) is 0 Å². The van der Waals surface area contributed by atoms with Crippen molar-refractivity contribution in [2.45, 2.75) is 31.8 Å². The fourth-order valence-corrected chi connectivity index (χ4v) is 3.54. The highest BCUT2D eigenvalue weighted by Crippen LogP contribution is 2.26. The van der Waals surface area contributed by atoms with E-state index in [2.05, 4.69) is 26.2 Å². The maximum atomic E-state index is 12.4. The number of aromatic nitrogens is 1. The Morgan fingerprint density at radius 1 is 1.38 bits per heavy atom. The van der Waals surface area contributed by atoms with Crippen molar-refractivity contribution in [3.8, 4) is 0 Å². The van der Waals surface area contributed by atoms with Crippen molar-refractivity contribution in [1.29, 1.82) is 0 Å². The standard InChI is InChI=1S/C17H20BrN3O3/c1-2-21(9-16(22)23)13-7-12(8-13)19-17(24)15-6-10-5-11(18)3-4-14(10)20-15/h3-6,12-13,20H,2,7-9H2,1H3,(H,19,24)(H,22,23). The van der Waals surface area contributed by atoms with Crippen LogP contribution in [0.5, 0.6) is 0 Å². The van der Waals surface area contributed by atoms with Gasteiger partial charge in [0.05, 0.1) is 6.54 Å². The number of likely N-dealkylation sites (N-methyl/N-ethyl adjacent to an activating group) is 1. The number of carboxylic acid groups (broad SMARTS) is 1. The average molecular weight is 394 g/mol. The highest BCUT2D eigenvalue weighted by molar-refractivity contribution is 9.10. The number of halogens is 1. The Balaban J connectivity index is 1.57. The lowest BCUT2D eigenvalue weighted by molar-refractivity contribution is -0.139. The van der Waals surface area contributed by atoms with E-state index in [1.807, 2.05) is 36.1 Å². The first kappa shape index (κ1) is 17.0. The molecule has 0 unspecified atom stereocenters. The minimum Gasteiger partial charge on any atom is -0.480 e. The van der Waals surface area contributed by atoms with Gasteiger partial charge in [0.1, 0.15) is 5.69 Å². The maximum absolute atomic E-state index is 12.4. The molecule has 7 heteroatoms. The molecule has 128 valence electrons. The molecule has 1 aromatic heterocycles. The maximum Gasteiger partial charge on any atom is 0.317 e. The number of hydrogen-bond acceptors (Lipinski definition) is 3. The van der Waals surface area contributed by atoms with Crippen LogP contribution < -0.4 is 5.32 Å². The van der Waals surface area contributed by atoms with Gasteiger partial charge in [0.15, 0.2) is 0 Å². The quantitative estimate of drug-likeness (QED) is 0.703. The van der Waals surface area contributed by atoms with Crippen molar-refractivity contribution in [3.63, 3.8) is 0 Å². The molecule has 0 bridgehead atoms. The molecule has 1 aromatic carbocycles. The molecule has 1 amide bonds. The van der Waals surface area contributed by atoms with Crippen LogP contribution in [0.1, 0.15) is 30.3 Å². The van der Waals surface area contributed by atoms with Crippen LogP contribution in [0, 0.1) is 0 Å². The number of aliphatic carboxylic acids is 1. The fourth-order valence-electron chi connectivity index (χ4n) is 3.17. The molecular weight excluding hydrogens is 374 g/mol. The van der Waals surface area contributed by atoms with E-state index in [4.69, 9.17) is 5.11 Å². The smallest absolute Gasteiger partial charge is 0.317 e. The molecule has 1 aliphatic rings. The molecule has 0 spiro atoms. The zero-order valence-corrected chi connectivity index (χ0v) is 15.0. The van der Waals surface area contributed by atoms with Gasteiger partial charge in [0.2, 0.25) is 0 Å². The molecule has 3 N–H and O–H groups in total. The van der Waals surface area contributed by atoms with Gasteiger partial charge in [-0.05, 0) is 43.7 Å². The predicted octanol–water partition coefficient (Wildman–Crippen LogP) is 2.60. The van der Waals surface area contributed by atoms with Crippen LogP contribution in [0.15, 0.2) is 28.7 Å². The second kappa shape index (κ2) is 6.94. The molecule has 1 saturated carbocycles. The number of H-pyrrole nitrogens is 1. The number of nitrogens with zero attached hydrogens (tertiary/aromatic N) is 1. The molecule has 6 nitrogen and oxygen atoms in total. The second-order valence-electron chi connectivity index (χ2n) is 6.17. The van der Waals surface area contributed by atoms with Crippen LogP contribution in [0.4, 0.5) is 0 Å². The number of rotatable bonds is 6. The molecule has 0 radical (unpaired) electrons. The van der Waals surface area contributed by atoms with Crippen molar-refractivity contribution in [1.82, 2.24) is 15.2 Å². The summed E-state index contributed by atoms with van der Waals surface area (Å²) in [6.07, 6.45) is 1.58. The van der Waals surface area contributed by atoms with Gasteiger partial charge in [-0.25, -0.2) is 0 Å². The van der Waals surface area contributed by atoms with Crippen molar-refractivity contribution in [3.05, 3.63) is 34.4 Å². The van der Waals surface area contributed by atoms with Crippen molar-refractivity contribution < 1.29 is 14.7 Å². The molecule has 0 saturated heterocycles. The van der Waals surface area contributed by atoms with E-state index in [9.17, 15) is 9.59 Å². The number of benzene rings is 1. The van der Waals surface area contributed by atoms with Crippen LogP contribution in [-0.2, 0) is 4.79 Å². The first-order valence-corrected chi connectivity index (χ1v) is 8.80. The van der Waals surface area contributed by atoms with Crippen molar-refractivity contribution in [2.75, 3.05) is 13.1 Å². The fraction of sp³-hybridized carbons (Fsp3) is 0.412. The SMILES string of the molecule is CCN(CC(=O)O)C1CC(NC(=O)c2cc3cc(Br)ccc3[nH]2)C1. The molecule has 3 rings (SSSR count). The van der Waals surface area contributed by atoms with Gasteiger partial charge in [-0.1, -0.05) is 22.9 Å².